The highest BCUT2D eigenvalue weighted by molar-refractivity contribution is 7.83. The second kappa shape index (κ2) is 9.60. The molecule has 184 valence electrons. The van der Waals surface area contributed by atoms with Crippen LogP contribution in [0.2, 0.25) is 0 Å². The Balaban J connectivity index is 1.84. The van der Waals surface area contributed by atoms with E-state index in [1.807, 2.05) is 0 Å². The largest absolute Gasteiger partial charge is 0.417 e. The number of alkyl halides is 4. The zero-order chi connectivity index (χ0) is 24.7. The van der Waals surface area contributed by atoms with E-state index >= 15 is 4.39 Å². The van der Waals surface area contributed by atoms with Gasteiger partial charge in [-0.1, -0.05) is 25.1 Å². The predicted octanol–water partition coefficient (Wildman–Crippen LogP) is 5.62. The molecule has 0 saturated heterocycles. The van der Waals surface area contributed by atoms with Gasteiger partial charge in [0.05, 0.1) is 23.2 Å². The fraction of sp³-hybridized carbons (Fsp3) is 0.417. The Morgan fingerprint density at radius 2 is 1.91 bits per heavy atom. The number of halogens is 5. The summed E-state index contributed by atoms with van der Waals surface area (Å²) in [5.41, 5.74) is -0.876. The maximum Gasteiger partial charge on any atom is 0.417 e. The van der Waals surface area contributed by atoms with E-state index in [9.17, 15) is 22.5 Å². The lowest BCUT2D eigenvalue weighted by Crippen LogP contribution is -2.29. The first kappa shape index (κ1) is 25.2. The second-order valence-electron chi connectivity index (χ2n) is 9.10. The lowest BCUT2D eigenvalue weighted by Gasteiger charge is -2.25. The Morgan fingerprint density at radius 1 is 1.21 bits per heavy atom. The van der Waals surface area contributed by atoms with Crippen molar-refractivity contribution < 1.29 is 26.9 Å². The summed E-state index contributed by atoms with van der Waals surface area (Å²) in [6.45, 7) is 2.05. The van der Waals surface area contributed by atoms with Crippen molar-refractivity contribution in [2.24, 2.45) is 5.41 Å². The van der Waals surface area contributed by atoms with Crippen molar-refractivity contribution in [3.05, 3.63) is 59.5 Å². The van der Waals surface area contributed by atoms with Crippen LogP contribution in [-0.4, -0.2) is 31.6 Å². The smallest absolute Gasteiger partial charge is 0.396 e. The van der Waals surface area contributed by atoms with Crippen LogP contribution in [0.25, 0.3) is 22.0 Å². The van der Waals surface area contributed by atoms with Gasteiger partial charge in [0.15, 0.2) is 0 Å². The number of nitrogens with zero attached hydrogens (tertiary/aromatic N) is 1. The van der Waals surface area contributed by atoms with Gasteiger partial charge in [-0.25, -0.2) is 13.3 Å². The summed E-state index contributed by atoms with van der Waals surface area (Å²) in [5, 5.41) is 10.5. The Hall–Kier alpha value is -1.94. The highest BCUT2D eigenvalue weighted by atomic mass is 35.5. The summed E-state index contributed by atoms with van der Waals surface area (Å²) in [5.74, 6) is -0.637. The number of aliphatic hydroxyl groups excluding tert-OH is 1. The van der Waals surface area contributed by atoms with Crippen molar-refractivity contribution in [2.45, 2.75) is 44.3 Å². The number of aliphatic hydroxyl groups is 1. The van der Waals surface area contributed by atoms with Gasteiger partial charge in [0.25, 0.3) is 0 Å². The molecular weight excluding hydrogens is 492 g/mol. The van der Waals surface area contributed by atoms with Crippen molar-refractivity contribution >= 4 is 33.5 Å². The average Bonchev–Trinajstić information content (AvgIpc) is 3.61. The molecule has 34 heavy (non-hydrogen) atoms. The first-order chi connectivity index (χ1) is 16.1. The van der Waals surface area contributed by atoms with Crippen molar-refractivity contribution in [2.75, 3.05) is 12.5 Å². The zero-order valence-corrected chi connectivity index (χ0v) is 20.0. The molecule has 0 spiro atoms. The number of hydrogen-bond acceptors (Lipinski definition) is 2. The first-order valence-corrected chi connectivity index (χ1v) is 12.6. The molecular formula is C24H25ClF4N2O2S. The SMILES string of the molecule is CC(CO)(CCl)Cn1cc(CNS(=O)C2CC2)c2cc(F)c(-c3ccccc3C(F)(F)F)cc21. The van der Waals surface area contributed by atoms with E-state index in [-0.39, 0.29) is 42.0 Å². The normalized spacial score (nSPS) is 17.1. The van der Waals surface area contributed by atoms with E-state index < -0.39 is 34.0 Å². The molecule has 0 bridgehead atoms. The minimum atomic E-state index is -4.64. The lowest BCUT2D eigenvalue weighted by molar-refractivity contribution is -0.137. The molecule has 2 N–H and O–H groups in total. The van der Waals surface area contributed by atoms with Gasteiger partial charge in [-0.05, 0) is 42.2 Å². The second-order valence-corrected chi connectivity index (χ2v) is 10.9. The number of aromatic nitrogens is 1. The fourth-order valence-electron chi connectivity index (χ4n) is 3.92. The Bertz CT molecular complexity index is 1220. The summed E-state index contributed by atoms with van der Waals surface area (Å²) in [6.07, 6.45) is -1.11. The topological polar surface area (TPSA) is 54.3 Å². The van der Waals surface area contributed by atoms with Gasteiger partial charge in [-0.15, -0.1) is 11.6 Å². The first-order valence-electron chi connectivity index (χ1n) is 10.8. The third kappa shape index (κ3) is 5.17. The minimum absolute atomic E-state index is 0.115. The predicted molar refractivity (Wildman–Crippen MR) is 126 cm³/mol. The molecule has 3 aromatic rings. The summed E-state index contributed by atoms with van der Waals surface area (Å²) in [4.78, 5) is 0. The van der Waals surface area contributed by atoms with Crippen molar-refractivity contribution in [3.8, 4) is 11.1 Å². The van der Waals surface area contributed by atoms with Gasteiger partial charge in [0.2, 0.25) is 0 Å². The van der Waals surface area contributed by atoms with Crippen LogP contribution < -0.4 is 4.72 Å². The van der Waals surface area contributed by atoms with Crippen LogP contribution in [0.4, 0.5) is 17.6 Å². The van der Waals surface area contributed by atoms with Crippen LogP contribution in [0.1, 0.15) is 30.9 Å². The quantitative estimate of drug-likeness (QED) is 0.286. The standard InChI is InChI=1S/C24H25ClF4N2O2S/c1-23(12-25,14-32)13-31-11-15(10-30-34(33)16-6-7-16)18-8-21(26)19(9-22(18)31)17-4-2-3-5-20(17)24(27,28)29/h2-5,8-9,11,16,30,32H,6-7,10,12-14H2,1H3. The number of hydrogen-bond donors (Lipinski definition) is 2. The zero-order valence-electron chi connectivity index (χ0n) is 18.5. The van der Waals surface area contributed by atoms with E-state index in [2.05, 4.69) is 4.72 Å². The number of nitrogens with one attached hydrogen (secondary N) is 1. The van der Waals surface area contributed by atoms with Gasteiger partial charge in [0.1, 0.15) is 5.82 Å². The van der Waals surface area contributed by atoms with Crippen LogP contribution in [-0.2, 0) is 30.3 Å². The molecule has 10 heteroatoms. The van der Waals surface area contributed by atoms with Crippen LogP contribution in [0, 0.1) is 11.2 Å². The lowest BCUT2D eigenvalue weighted by atomic mass is 9.94. The molecule has 4 rings (SSSR count). The van der Waals surface area contributed by atoms with E-state index in [0.717, 1.165) is 18.9 Å². The molecule has 2 aromatic carbocycles. The maximum atomic E-state index is 15.3. The molecule has 1 heterocycles. The molecule has 1 saturated carbocycles. The summed E-state index contributed by atoms with van der Waals surface area (Å²) in [7, 11) is -1.21. The molecule has 1 aliphatic rings. The fourth-order valence-corrected chi connectivity index (χ4v) is 5.19. The van der Waals surface area contributed by atoms with Gasteiger partial charge in [-0.2, -0.15) is 13.2 Å². The van der Waals surface area contributed by atoms with Gasteiger partial charge in [0, 0.05) is 52.3 Å². The molecule has 0 aliphatic heterocycles. The van der Waals surface area contributed by atoms with Gasteiger partial charge in [-0.3, -0.25) is 0 Å². The summed E-state index contributed by atoms with van der Waals surface area (Å²) in [6, 6.07) is 7.51. The third-order valence-corrected chi connectivity index (χ3v) is 8.21. The maximum absolute atomic E-state index is 15.3. The molecule has 4 nitrogen and oxygen atoms in total. The Kier molecular flexibility index (Phi) is 7.11. The number of rotatable bonds is 9. The monoisotopic (exact) mass is 516 g/mol. The van der Waals surface area contributed by atoms with E-state index in [4.69, 9.17) is 11.6 Å². The molecule has 1 aliphatic carbocycles. The minimum Gasteiger partial charge on any atom is -0.396 e. The number of benzene rings is 2. The van der Waals surface area contributed by atoms with Crippen molar-refractivity contribution in [1.29, 1.82) is 0 Å². The Labute approximate surface area is 202 Å². The van der Waals surface area contributed by atoms with Crippen LogP contribution >= 0.6 is 11.6 Å². The van der Waals surface area contributed by atoms with Crippen LogP contribution in [0.3, 0.4) is 0 Å². The molecule has 0 radical (unpaired) electrons. The van der Waals surface area contributed by atoms with Crippen molar-refractivity contribution in [3.63, 3.8) is 0 Å². The highest BCUT2D eigenvalue weighted by Crippen LogP contribution is 2.40. The molecule has 0 amide bonds. The molecule has 2 unspecified atom stereocenters. The van der Waals surface area contributed by atoms with E-state index in [1.165, 1.54) is 30.3 Å². The van der Waals surface area contributed by atoms with Crippen LogP contribution in [0.15, 0.2) is 42.6 Å². The third-order valence-electron chi connectivity index (χ3n) is 6.06. The Morgan fingerprint density at radius 3 is 2.53 bits per heavy atom. The van der Waals surface area contributed by atoms with E-state index in [1.54, 1.807) is 17.7 Å². The van der Waals surface area contributed by atoms with Gasteiger partial charge < -0.3 is 9.67 Å². The molecule has 1 aromatic heterocycles. The highest BCUT2D eigenvalue weighted by Gasteiger charge is 2.34. The summed E-state index contributed by atoms with van der Waals surface area (Å²) >= 11 is 6.07. The molecule has 2 atom stereocenters. The van der Waals surface area contributed by atoms with Gasteiger partial charge >= 0.3 is 6.18 Å². The van der Waals surface area contributed by atoms with E-state index in [0.29, 0.717) is 16.5 Å². The summed E-state index contributed by atoms with van der Waals surface area (Å²) < 4.78 is 73.1. The molecule has 1 fully saturated rings. The van der Waals surface area contributed by atoms with Crippen LogP contribution in [0.5, 0.6) is 0 Å². The number of fused-ring (bicyclic) bond motifs is 1. The van der Waals surface area contributed by atoms with Crippen molar-refractivity contribution in [1.82, 2.24) is 9.29 Å². The average molecular weight is 517 g/mol.